The fourth-order valence-corrected chi connectivity index (χ4v) is 7.66. The molecule has 0 aromatic heterocycles. The van der Waals surface area contributed by atoms with E-state index >= 15 is 0 Å². The van der Waals surface area contributed by atoms with Gasteiger partial charge in [0.15, 0.2) is 0 Å². The molecule has 10 nitrogen and oxygen atoms in total. The molecule has 3 amide bonds. The van der Waals surface area contributed by atoms with Crippen molar-refractivity contribution in [3.8, 4) is 0 Å². The van der Waals surface area contributed by atoms with E-state index in [2.05, 4.69) is 5.32 Å². The van der Waals surface area contributed by atoms with Gasteiger partial charge in [-0.3, -0.25) is 19.2 Å². The minimum Gasteiger partial charge on any atom is -0.455 e. The molecular weight excluding hydrogens is 598 g/mol. The molecule has 0 bridgehead atoms. The number of fused-ring (bicyclic) bond motifs is 2. The fraction of sp³-hybridized carbons (Fsp3) is 0.459. The van der Waals surface area contributed by atoms with Gasteiger partial charge in [0.1, 0.15) is 23.7 Å². The number of benzene rings is 2. The average Bonchev–Trinajstić information content (AvgIpc) is 3.45. The average molecular weight is 642 g/mol. The molecular formula is C37H43N3O7. The minimum absolute atomic E-state index is 0.169. The first kappa shape index (κ1) is 32.7. The standard InChI is InChI=1S/C37H43N3O7/c1-23(2)39-20-12-19-37-31(34(43)40(33(37)35(39)44)27(22-41)21-25-13-6-4-7-14-25)30-28(47-37)17-10-11-18-29(42)38-24(3)32(46-36(30)45)26-15-8-5-9-16-26/h4-10,12-17,19,23-24,27-28,30-33,41H,11,18,20-22H2,1-3H3,(H,38,42)/b17-10-/t24-,27+,28-,30+,31+,32+,33-,37+/m0/s1. The third-order valence-corrected chi connectivity index (χ3v) is 9.85. The SMILES string of the molecule is CC(C)N1CC=C[C@@]23O[C@H]4/C=C\CCC(=O)N[C@@H](C)[C@H](c5ccccc5)OC(=O)[C@H]4[C@@H]2C(=O)N([C@@H](CO)Cc2ccccc2)[C@H]3C1=O. The van der Waals surface area contributed by atoms with Gasteiger partial charge in [-0.25, -0.2) is 0 Å². The Morgan fingerprint density at radius 1 is 0.979 bits per heavy atom. The van der Waals surface area contributed by atoms with Crippen molar-refractivity contribution in [1.29, 1.82) is 0 Å². The van der Waals surface area contributed by atoms with Crippen LogP contribution in [0.25, 0.3) is 0 Å². The van der Waals surface area contributed by atoms with E-state index in [0.717, 1.165) is 5.56 Å². The Labute approximate surface area is 275 Å². The number of allylic oxidation sites excluding steroid dienone is 1. The number of ether oxygens (including phenoxy) is 2. The number of likely N-dealkylation sites (tertiary alicyclic amines) is 1. The van der Waals surface area contributed by atoms with Crippen LogP contribution < -0.4 is 5.32 Å². The van der Waals surface area contributed by atoms with Crippen LogP contribution in [0, 0.1) is 11.8 Å². The highest BCUT2D eigenvalue weighted by molar-refractivity contribution is 5.99. The third kappa shape index (κ3) is 6.00. The summed E-state index contributed by atoms with van der Waals surface area (Å²) in [5, 5.41) is 13.7. The quantitative estimate of drug-likeness (QED) is 0.367. The molecule has 47 heavy (non-hydrogen) atoms. The molecule has 0 saturated carbocycles. The molecule has 2 fully saturated rings. The van der Waals surface area contributed by atoms with Crippen LogP contribution in [-0.2, 0) is 35.1 Å². The van der Waals surface area contributed by atoms with Gasteiger partial charge in [0, 0.05) is 19.0 Å². The van der Waals surface area contributed by atoms with Crippen molar-refractivity contribution >= 4 is 23.7 Å². The second-order valence-corrected chi connectivity index (χ2v) is 13.2. The fourth-order valence-electron chi connectivity index (χ4n) is 7.66. The molecule has 2 N–H and O–H groups in total. The van der Waals surface area contributed by atoms with E-state index in [4.69, 9.17) is 9.47 Å². The van der Waals surface area contributed by atoms with E-state index in [1.54, 1.807) is 30.1 Å². The summed E-state index contributed by atoms with van der Waals surface area (Å²) in [6.07, 6.45) is 6.34. The van der Waals surface area contributed by atoms with Crippen LogP contribution in [-0.4, -0.2) is 87.6 Å². The van der Waals surface area contributed by atoms with Crippen molar-refractivity contribution < 1.29 is 33.8 Å². The van der Waals surface area contributed by atoms with Gasteiger partial charge < -0.3 is 29.7 Å². The monoisotopic (exact) mass is 641 g/mol. The minimum atomic E-state index is -1.48. The number of nitrogens with one attached hydrogen (secondary N) is 1. The molecule has 1 spiro atoms. The number of carbonyl (C=O) groups excluding carboxylic acids is 4. The van der Waals surface area contributed by atoms with Crippen LogP contribution >= 0.6 is 0 Å². The molecule has 6 rings (SSSR count). The van der Waals surface area contributed by atoms with Gasteiger partial charge in [0.25, 0.3) is 0 Å². The van der Waals surface area contributed by atoms with Gasteiger partial charge in [0.2, 0.25) is 17.7 Å². The van der Waals surface area contributed by atoms with E-state index in [9.17, 15) is 24.3 Å². The van der Waals surface area contributed by atoms with Crippen molar-refractivity contribution in [3.05, 3.63) is 96.1 Å². The number of esters is 1. The molecule has 0 aliphatic carbocycles. The molecule has 4 heterocycles. The van der Waals surface area contributed by atoms with Gasteiger partial charge in [0.05, 0.1) is 30.7 Å². The lowest BCUT2D eigenvalue weighted by molar-refractivity contribution is -0.162. The Morgan fingerprint density at radius 3 is 2.36 bits per heavy atom. The number of rotatable bonds is 6. The summed E-state index contributed by atoms with van der Waals surface area (Å²) in [4.78, 5) is 59.8. The molecule has 0 unspecified atom stereocenters. The predicted molar refractivity (Wildman–Crippen MR) is 173 cm³/mol. The molecule has 248 valence electrons. The van der Waals surface area contributed by atoms with Crippen LogP contribution in [0.1, 0.15) is 50.8 Å². The highest BCUT2D eigenvalue weighted by atomic mass is 16.6. The number of hydrogen-bond donors (Lipinski definition) is 2. The summed E-state index contributed by atoms with van der Waals surface area (Å²) in [5.41, 5.74) is 0.114. The Balaban J connectivity index is 1.46. The summed E-state index contributed by atoms with van der Waals surface area (Å²) in [6, 6.07) is 16.1. The van der Waals surface area contributed by atoms with Gasteiger partial charge in [-0.15, -0.1) is 0 Å². The Bertz CT molecular complexity index is 1540. The van der Waals surface area contributed by atoms with E-state index in [1.807, 2.05) is 80.6 Å². The Hall–Kier alpha value is -4.28. The van der Waals surface area contributed by atoms with Gasteiger partial charge in [-0.1, -0.05) is 85.0 Å². The summed E-state index contributed by atoms with van der Waals surface area (Å²) in [6.45, 7) is 5.55. The van der Waals surface area contributed by atoms with Crippen LogP contribution in [0.5, 0.6) is 0 Å². The molecule has 0 radical (unpaired) electrons. The molecule has 8 atom stereocenters. The first-order valence-corrected chi connectivity index (χ1v) is 16.5. The maximum atomic E-state index is 14.8. The maximum absolute atomic E-state index is 14.8. The molecule has 2 saturated heterocycles. The number of aliphatic hydroxyl groups is 1. The smallest absolute Gasteiger partial charge is 0.313 e. The zero-order chi connectivity index (χ0) is 33.3. The molecule has 4 aliphatic heterocycles. The third-order valence-electron chi connectivity index (χ3n) is 9.85. The zero-order valence-electron chi connectivity index (χ0n) is 27.0. The summed E-state index contributed by atoms with van der Waals surface area (Å²) >= 11 is 0. The van der Waals surface area contributed by atoms with Crippen LogP contribution in [0.15, 0.2) is 85.0 Å². The van der Waals surface area contributed by atoms with Crippen molar-refractivity contribution in [3.63, 3.8) is 0 Å². The summed E-state index contributed by atoms with van der Waals surface area (Å²) in [7, 11) is 0. The molecule has 10 heteroatoms. The number of hydrogen-bond acceptors (Lipinski definition) is 7. The second-order valence-electron chi connectivity index (χ2n) is 13.2. The zero-order valence-corrected chi connectivity index (χ0v) is 27.0. The number of nitrogens with zero attached hydrogens (tertiary/aromatic N) is 2. The van der Waals surface area contributed by atoms with Crippen molar-refractivity contribution in [2.24, 2.45) is 11.8 Å². The number of aliphatic hydroxyl groups excluding tert-OH is 1. The normalized spacial score (nSPS) is 32.4. The lowest BCUT2D eigenvalue weighted by atomic mass is 9.77. The van der Waals surface area contributed by atoms with E-state index in [0.29, 0.717) is 24.9 Å². The van der Waals surface area contributed by atoms with Crippen LogP contribution in [0.3, 0.4) is 0 Å². The van der Waals surface area contributed by atoms with E-state index < -0.39 is 59.6 Å². The summed E-state index contributed by atoms with van der Waals surface area (Å²) in [5.74, 6) is -3.73. The van der Waals surface area contributed by atoms with Gasteiger partial charge in [-0.05, 0) is 44.7 Å². The lowest BCUT2D eigenvalue weighted by Gasteiger charge is -2.39. The van der Waals surface area contributed by atoms with Crippen molar-refractivity contribution in [2.45, 2.75) is 82.0 Å². The molecule has 2 aromatic carbocycles. The maximum Gasteiger partial charge on any atom is 0.313 e. The highest BCUT2D eigenvalue weighted by Crippen LogP contribution is 2.54. The van der Waals surface area contributed by atoms with Gasteiger partial charge >= 0.3 is 5.97 Å². The Morgan fingerprint density at radius 2 is 1.68 bits per heavy atom. The number of carbonyl (C=O) groups is 4. The molecule has 2 aromatic rings. The van der Waals surface area contributed by atoms with E-state index in [-0.39, 0.29) is 30.9 Å². The lowest BCUT2D eigenvalue weighted by Crippen LogP contribution is -2.59. The molecule has 4 aliphatic rings. The summed E-state index contributed by atoms with van der Waals surface area (Å²) < 4.78 is 13.1. The van der Waals surface area contributed by atoms with E-state index in [1.165, 1.54) is 4.90 Å². The highest BCUT2D eigenvalue weighted by Gasteiger charge is 2.72. The van der Waals surface area contributed by atoms with Crippen molar-refractivity contribution in [1.82, 2.24) is 15.1 Å². The predicted octanol–water partition coefficient (Wildman–Crippen LogP) is 3.12. The van der Waals surface area contributed by atoms with Crippen molar-refractivity contribution in [2.75, 3.05) is 13.2 Å². The second kappa shape index (κ2) is 13.4. The topological polar surface area (TPSA) is 125 Å². The first-order valence-electron chi connectivity index (χ1n) is 16.5. The Kier molecular flexibility index (Phi) is 9.34. The first-order chi connectivity index (χ1) is 22.7. The number of cyclic esters (lactones) is 1. The largest absolute Gasteiger partial charge is 0.455 e. The van der Waals surface area contributed by atoms with Crippen LogP contribution in [0.4, 0.5) is 0 Å². The van der Waals surface area contributed by atoms with Crippen LogP contribution in [0.2, 0.25) is 0 Å². The van der Waals surface area contributed by atoms with Gasteiger partial charge in [-0.2, -0.15) is 0 Å². The number of amides is 3.